The van der Waals surface area contributed by atoms with Gasteiger partial charge in [-0.25, -0.2) is 0 Å². The Labute approximate surface area is 496 Å². The van der Waals surface area contributed by atoms with Crippen molar-refractivity contribution in [1.29, 1.82) is 0 Å². The smallest absolute Gasteiger partial charge is 0.309 e. The summed E-state index contributed by atoms with van der Waals surface area (Å²) in [7, 11) is 0. The molecule has 0 N–H and O–H groups in total. The highest BCUT2D eigenvalue weighted by atomic mass is 16.6. The molecule has 0 saturated heterocycles. The Kier molecular flexibility index (Phi) is 64.7. The summed E-state index contributed by atoms with van der Waals surface area (Å²) in [5.41, 5.74) is 0. The molecule has 0 amide bonds. The van der Waals surface area contributed by atoms with Crippen LogP contribution in [0.1, 0.15) is 335 Å². The van der Waals surface area contributed by atoms with E-state index in [1.54, 1.807) is 6.08 Å². The molecule has 460 valence electrons. The Morgan fingerprint density at radius 2 is 0.537 bits per heavy atom. The van der Waals surface area contributed by atoms with Gasteiger partial charge in [-0.3, -0.25) is 14.4 Å². The third kappa shape index (κ3) is 65.1. The summed E-state index contributed by atoms with van der Waals surface area (Å²) in [5.74, 6) is -1.02. The molecule has 0 fully saturated rings. The average molecular weight is 1110 g/mol. The second kappa shape index (κ2) is 67.8. The maximum atomic E-state index is 12.9. The molecule has 1 atom stereocenters. The van der Waals surface area contributed by atoms with Gasteiger partial charge in [0.1, 0.15) is 13.2 Å². The maximum absolute atomic E-state index is 12.9. The lowest BCUT2D eigenvalue weighted by atomic mass is 10.0. The Morgan fingerprint density at radius 3 is 0.875 bits per heavy atom. The summed E-state index contributed by atoms with van der Waals surface area (Å²) in [6.45, 7) is 6.47. The van der Waals surface area contributed by atoms with Gasteiger partial charge in [-0.15, -0.1) is 0 Å². The number of ether oxygens (including phenoxy) is 3. The lowest BCUT2D eigenvalue weighted by Gasteiger charge is -2.18. The highest BCUT2D eigenvalue weighted by Crippen LogP contribution is 2.17. The summed E-state index contributed by atoms with van der Waals surface area (Å²) in [6, 6.07) is 0. The predicted octanol–water partition coefficient (Wildman–Crippen LogP) is 23.6. The van der Waals surface area contributed by atoms with E-state index in [0.29, 0.717) is 12.8 Å². The fourth-order valence-electron chi connectivity index (χ4n) is 9.76. The molecule has 0 aromatic carbocycles. The van der Waals surface area contributed by atoms with Crippen LogP contribution in [0.5, 0.6) is 0 Å². The number of hydrogen-bond acceptors (Lipinski definition) is 6. The van der Waals surface area contributed by atoms with E-state index in [1.165, 1.54) is 212 Å². The number of hydrogen-bond donors (Lipinski definition) is 0. The zero-order valence-corrected chi connectivity index (χ0v) is 52.8. The van der Waals surface area contributed by atoms with Crippen molar-refractivity contribution in [2.45, 2.75) is 341 Å². The molecule has 0 saturated carbocycles. The summed E-state index contributed by atoms with van der Waals surface area (Å²) in [4.78, 5) is 38.3. The number of rotatable bonds is 62. The van der Waals surface area contributed by atoms with E-state index in [4.69, 9.17) is 14.2 Å². The predicted molar refractivity (Wildman–Crippen MR) is 348 cm³/mol. The number of carbonyl (C=O) groups is 3. The Hall–Kier alpha value is -3.67. The van der Waals surface area contributed by atoms with Crippen molar-refractivity contribution in [1.82, 2.24) is 0 Å². The molecule has 0 rings (SSSR count). The second-order valence-electron chi connectivity index (χ2n) is 22.7. The zero-order chi connectivity index (χ0) is 57.8. The van der Waals surface area contributed by atoms with Gasteiger partial charge in [0.15, 0.2) is 6.10 Å². The summed E-state index contributed by atoms with van der Waals surface area (Å²) in [6.07, 6.45) is 91.8. The first-order valence-electron chi connectivity index (χ1n) is 34.2. The molecular weight excluding hydrogens is 985 g/mol. The van der Waals surface area contributed by atoms with Crippen LogP contribution in [0.25, 0.3) is 0 Å². The Morgan fingerprint density at radius 1 is 0.275 bits per heavy atom. The molecule has 0 spiro atoms. The molecule has 0 heterocycles. The molecule has 0 aliphatic heterocycles. The van der Waals surface area contributed by atoms with Crippen molar-refractivity contribution in [3.8, 4) is 0 Å². The summed E-state index contributed by atoms with van der Waals surface area (Å²) in [5, 5.41) is 0. The SMILES string of the molecule is CC/C=C\C/C=C\C/C=C\C/C=C\C/C=C\CC(=O)OCC(COC(=O)CCCCCCCCCCCCCCCCCC/C=C\C/C=C\C/C=C\CCCCCCC)OC(=O)CCCCCCCCCCCCCCCCCC. The van der Waals surface area contributed by atoms with E-state index in [9.17, 15) is 14.4 Å². The van der Waals surface area contributed by atoms with Crippen LogP contribution in [0.15, 0.2) is 97.2 Å². The van der Waals surface area contributed by atoms with Crippen molar-refractivity contribution < 1.29 is 28.6 Å². The lowest BCUT2D eigenvalue weighted by molar-refractivity contribution is -0.166. The molecule has 6 heteroatoms. The number of allylic oxidation sites excluding steroid dienone is 15. The third-order valence-corrected chi connectivity index (χ3v) is 14.9. The quantitative estimate of drug-likeness (QED) is 0.0261. The maximum Gasteiger partial charge on any atom is 0.309 e. The molecular formula is C74H128O6. The van der Waals surface area contributed by atoms with Crippen LogP contribution in [-0.4, -0.2) is 37.2 Å². The lowest BCUT2D eigenvalue weighted by Crippen LogP contribution is -2.30. The van der Waals surface area contributed by atoms with Gasteiger partial charge in [-0.2, -0.15) is 0 Å². The van der Waals surface area contributed by atoms with Crippen molar-refractivity contribution >= 4 is 17.9 Å². The number of unbranched alkanes of at least 4 members (excludes halogenated alkanes) is 36. The van der Waals surface area contributed by atoms with Crippen LogP contribution in [-0.2, 0) is 28.6 Å². The first kappa shape index (κ1) is 76.3. The topological polar surface area (TPSA) is 78.9 Å². The molecule has 0 aromatic heterocycles. The van der Waals surface area contributed by atoms with Gasteiger partial charge >= 0.3 is 17.9 Å². The minimum Gasteiger partial charge on any atom is -0.462 e. The minimum absolute atomic E-state index is 0.104. The molecule has 80 heavy (non-hydrogen) atoms. The van der Waals surface area contributed by atoms with Crippen LogP contribution >= 0.6 is 0 Å². The third-order valence-electron chi connectivity index (χ3n) is 14.9. The van der Waals surface area contributed by atoms with E-state index in [-0.39, 0.29) is 31.6 Å². The van der Waals surface area contributed by atoms with Crippen LogP contribution in [0.2, 0.25) is 0 Å². The van der Waals surface area contributed by atoms with Crippen molar-refractivity contribution in [3.05, 3.63) is 97.2 Å². The molecule has 0 aromatic rings. The van der Waals surface area contributed by atoms with Gasteiger partial charge in [-0.05, 0) is 83.5 Å². The van der Waals surface area contributed by atoms with Gasteiger partial charge in [-0.1, -0.05) is 330 Å². The summed E-state index contributed by atoms with van der Waals surface area (Å²) < 4.78 is 16.8. The highest BCUT2D eigenvalue weighted by Gasteiger charge is 2.19. The monoisotopic (exact) mass is 1110 g/mol. The number of esters is 3. The normalized spacial score (nSPS) is 12.7. The number of carbonyl (C=O) groups excluding carboxylic acids is 3. The Balaban J connectivity index is 4.26. The van der Waals surface area contributed by atoms with E-state index < -0.39 is 12.1 Å². The molecule has 0 aliphatic carbocycles. The van der Waals surface area contributed by atoms with Gasteiger partial charge in [0.05, 0.1) is 6.42 Å². The van der Waals surface area contributed by atoms with Gasteiger partial charge < -0.3 is 14.2 Å². The van der Waals surface area contributed by atoms with Crippen LogP contribution < -0.4 is 0 Å². The van der Waals surface area contributed by atoms with Crippen LogP contribution in [0, 0.1) is 0 Å². The van der Waals surface area contributed by atoms with Gasteiger partial charge in [0.25, 0.3) is 0 Å². The fourth-order valence-corrected chi connectivity index (χ4v) is 9.76. The summed E-state index contributed by atoms with van der Waals surface area (Å²) >= 11 is 0. The van der Waals surface area contributed by atoms with Crippen molar-refractivity contribution in [2.75, 3.05) is 13.2 Å². The van der Waals surface area contributed by atoms with Crippen molar-refractivity contribution in [2.24, 2.45) is 0 Å². The first-order valence-corrected chi connectivity index (χ1v) is 34.2. The van der Waals surface area contributed by atoms with Crippen LogP contribution in [0.3, 0.4) is 0 Å². The zero-order valence-electron chi connectivity index (χ0n) is 52.8. The standard InChI is InChI=1S/C74H128O6/c1-4-7-10-13-16-19-22-25-28-30-31-32-33-34-35-36-37-38-39-40-41-42-43-44-47-49-52-55-58-61-64-67-73(76)79-70-71(69-78-72(75)66-63-60-57-54-51-48-45-27-24-21-18-15-12-9-6-3)80-74(77)68-65-62-59-56-53-50-46-29-26-23-20-17-14-11-8-5-2/h9,12,18,21-22,25,27,30-31,33-34,45,51,54,60,63,71H,4-8,10-11,13-17,19-20,23-24,26,28-29,32,35-44,46-50,52-53,55-59,61-62,64-70H2,1-3H3/b12-9-,21-18-,25-22-,31-30-,34-33-,45-27-,54-51-,63-60-. The molecule has 6 nitrogen and oxygen atoms in total. The van der Waals surface area contributed by atoms with E-state index >= 15 is 0 Å². The average Bonchev–Trinajstić information content (AvgIpc) is 3.46. The highest BCUT2D eigenvalue weighted by molar-refractivity contribution is 5.72. The van der Waals surface area contributed by atoms with E-state index in [0.717, 1.165) is 83.5 Å². The van der Waals surface area contributed by atoms with Gasteiger partial charge in [0, 0.05) is 12.8 Å². The molecule has 0 radical (unpaired) electrons. The first-order chi connectivity index (χ1) is 39.5. The van der Waals surface area contributed by atoms with Crippen molar-refractivity contribution in [3.63, 3.8) is 0 Å². The second-order valence-corrected chi connectivity index (χ2v) is 22.7. The van der Waals surface area contributed by atoms with E-state index in [1.807, 2.05) is 6.08 Å². The fraction of sp³-hybridized carbons (Fsp3) is 0.743. The molecule has 1 unspecified atom stereocenters. The minimum atomic E-state index is -0.816. The molecule has 0 aliphatic rings. The van der Waals surface area contributed by atoms with Gasteiger partial charge in [0.2, 0.25) is 0 Å². The van der Waals surface area contributed by atoms with E-state index in [2.05, 4.69) is 106 Å². The largest absolute Gasteiger partial charge is 0.462 e. The Bertz CT molecular complexity index is 1560. The van der Waals surface area contributed by atoms with Crippen LogP contribution in [0.4, 0.5) is 0 Å². The molecule has 0 bridgehead atoms.